The van der Waals surface area contributed by atoms with Gasteiger partial charge in [-0.25, -0.2) is 0 Å². The fourth-order valence-electron chi connectivity index (χ4n) is 3.03. The molecule has 0 amide bonds. The second-order valence-corrected chi connectivity index (χ2v) is 6.60. The van der Waals surface area contributed by atoms with E-state index in [1.165, 1.54) is 6.07 Å². The molecular weight excluding hydrogens is 385 g/mol. The zero-order chi connectivity index (χ0) is 16.4. The molecule has 3 rings (SSSR count). The van der Waals surface area contributed by atoms with E-state index in [-0.39, 0.29) is 42.3 Å². The van der Waals surface area contributed by atoms with E-state index in [1.54, 1.807) is 24.3 Å². The zero-order valence-corrected chi connectivity index (χ0v) is 16.1. The van der Waals surface area contributed by atoms with Crippen molar-refractivity contribution in [3.8, 4) is 5.75 Å². The summed E-state index contributed by atoms with van der Waals surface area (Å²) in [7, 11) is 0. The number of benzene rings is 1. The quantitative estimate of drug-likeness (QED) is 0.600. The number of phenolic OH excluding ortho intramolecular Hbond substituents is 1. The van der Waals surface area contributed by atoms with Gasteiger partial charge in [0.2, 0.25) is 0 Å². The predicted molar refractivity (Wildman–Crippen MR) is 105 cm³/mol. The molecule has 1 aromatic carbocycles. The van der Waals surface area contributed by atoms with Crippen molar-refractivity contribution in [2.75, 3.05) is 26.2 Å². The molecule has 0 spiro atoms. The number of nitrogens with zero attached hydrogens (tertiary/aromatic N) is 2. The molecule has 0 bridgehead atoms. The van der Waals surface area contributed by atoms with Crippen LogP contribution in [0, 0.1) is 17.0 Å². The largest absolute Gasteiger partial charge is 0.507 e. The Morgan fingerprint density at radius 2 is 1.96 bits per heavy atom. The normalized spacial score (nSPS) is 15.7. The number of hydrogen-bond donors (Lipinski definition) is 2. The lowest BCUT2D eigenvalue weighted by molar-refractivity contribution is -0.386. The van der Waals surface area contributed by atoms with Crippen LogP contribution in [0.25, 0.3) is 0 Å². The lowest BCUT2D eigenvalue weighted by Crippen LogP contribution is -2.45. The Hall–Kier alpha value is -1.38. The minimum Gasteiger partial charge on any atom is -0.507 e. The molecule has 0 radical (unpaired) electrons. The fraction of sp³-hybridized carbons (Fsp3) is 0.375. The van der Waals surface area contributed by atoms with E-state index in [2.05, 4.69) is 10.2 Å². The zero-order valence-electron chi connectivity index (χ0n) is 13.7. The molecule has 2 heterocycles. The maximum atomic E-state index is 11.5. The van der Waals surface area contributed by atoms with Gasteiger partial charge >= 0.3 is 0 Å². The van der Waals surface area contributed by atoms with E-state index in [1.807, 2.05) is 17.5 Å². The summed E-state index contributed by atoms with van der Waals surface area (Å²) in [5.41, 5.74) is 1.03. The second kappa shape index (κ2) is 9.35. The summed E-state index contributed by atoms with van der Waals surface area (Å²) in [5.74, 6) is 0.0242. The van der Waals surface area contributed by atoms with Gasteiger partial charge in [0.15, 0.2) is 0 Å². The van der Waals surface area contributed by atoms with Crippen LogP contribution in [-0.2, 0) is 0 Å². The molecule has 25 heavy (non-hydrogen) atoms. The van der Waals surface area contributed by atoms with Crippen molar-refractivity contribution in [3.63, 3.8) is 0 Å². The van der Waals surface area contributed by atoms with Crippen molar-refractivity contribution < 1.29 is 10.0 Å². The molecule has 0 aliphatic carbocycles. The first kappa shape index (κ1) is 21.7. The summed E-state index contributed by atoms with van der Waals surface area (Å²) < 4.78 is 0. The fourth-order valence-corrected chi connectivity index (χ4v) is 3.89. The highest BCUT2D eigenvalue weighted by atomic mass is 35.5. The van der Waals surface area contributed by atoms with Crippen molar-refractivity contribution in [2.24, 2.45) is 0 Å². The van der Waals surface area contributed by atoms with Crippen molar-refractivity contribution in [1.82, 2.24) is 10.2 Å². The molecule has 6 nitrogen and oxygen atoms in total. The van der Waals surface area contributed by atoms with Crippen LogP contribution in [0.1, 0.15) is 22.0 Å². The van der Waals surface area contributed by atoms with Gasteiger partial charge in [0, 0.05) is 37.1 Å². The van der Waals surface area contributed by atoms with Crippen LogP contribution >= 0.6 is 36.2 Å². The van der Waals surface area contributed by atoms with E-state index in [0.717, 1.165) is 31.1 Å². The number of rotatable bonds is 4. The Kier molecular flexibility index (Phi) is 8.11. The third-order valence-corrected chi connectivity index (χ3v) is 5.12. The molecule has 1 fully saturated rings. The topological polar surface area (TPSA) is 78.6 Å². The van der Waals surface area contributed by atoms with Gasteiger partial charge in [-0.1, -0.05) is 6.07 Å². The molecule has 9 heteroatoms. The highest BCUT2D eigenvalue weighted by molar-refractivity contribution is 7.10. The maximum absolute atomic E-state index is 11.5. The van der Waals surface area contributed by atoms with Crippen molar-refractivity contribution in [3.05, 3.63) is 55.8 Å². The van der Waals surface area contributed by atoms with Gasteiger partial charge in [0.05, 0.1) is 16.5 Å². The first-order chi connectivity index (χ1) is 11.1. The standard InChI is InChI=1S/C16H19N3O3S.2ClH/c1-11-4-5-12(19(21)22)14(16(11)20)15(13-3-2-10-23-13)18-8-6-17-7-9-18;;/h2-5,10,15,17,20H,6-9H2,1H3;2*1H/t15-;;/m0../s1. The molecule has 1 aliphatic rings. The van der Waals surface area contributed by atoms with Crippen LogP contribution in [0.15, 0.2) is 29.6 Å². The van der Waals surface area contributed by atoms with Gasteiger partial charge in [0.1, 0.15) is 5.75 Å². The molecule has 1 aromatic heterocycles. The molecule has 2 aromatic rings. The molecular formula is C16H21Cl2N3O3S. The van der Waals surface area contributed by atoms with Gasteiger partial charge in [-0.2, -0.15) is 0 Å². The summed E-state index contributed by atoms with van der Waals surface area (Å²) >= 11 is 1.56. The van der Waals surface area contributed by atoms with E-state index < -0.39 is 4.92 Å². The minimum atomic E-state index is -0.405. The maximum Gasteiger partial charge on any atom is 0.278 e. The van der Waals surface area contributed by atoms with Gasteiger partial charge in [-0.3, -0.25) is 15.0 Å². The van der Waals surface area contributed by atoms with Crippen LogP contribution in [-0.4, -0.2) is 41.1 Å². The summed E-state index contributed by atoms with van der Waals surface area (Å²) in [4.78, 5) is 14.3. The molecule has 0 unspecified atom stereocenters. The molecule has 138 valence electrons. The number of aryl methyl sites for hydroxylation is 1. The van der Waals surface area contributed by atoms with Crippen LogP contribution in [0.3, 0.4) is 0 Å². The van der Waals surface area contributed by atoms with Gasteiger partial charge in [0.25, 0.3) is 5.69 Å². The van der Waals surface area contributed by atoms with E-state index in [9.17, 15) is 15.2 Å². The highest BCUT2D eigenvalue weighted by Crippen LogP contribution is 2.43. The average molecular weight is 406 g/mol. The molecule has 0 saturated carbocycles. The number of aromatic hydroxyl groups is 1. The molecule has 1 aliphatic heterocycles. The first-order valence-electron chi connectivity index (χ1n) is 7.54. The lowest BCUT2D eigenvalue weighted by atomic mass is 9.97. The molecule has 1 saturated heterocycles. The Bertz CT molecular complexity index is 707. The summed E-state index contributed by atoms with van der Waals surface area (Å²) in [6.07, 6.45) is 0. The van der Waals surface area contributed by atoms with Crippen molar-refractivity contribution in [2.45, 2.75) is 13.0 Å². The number of nitro groups is 1. The van der Waals surface area contributed by atoms with Crippen molar-refractivity contribution >= 4 is 41.8 Å². The van der Waals surface area contributed by atoms with Gasteiger partial charge in [-0.15, -0.1) is 36.2 Å². The Balaban J connectivity index is 0.00000156. The Morgan fingerprint density at radius 1 is 1.28 bits per heavy atom. The average Bonchev–Trinajstić information content (AvgIpc) is 3.07. The lowest BCUT2D eigenvalue weighted by Gasteiger charge is -2.34. The number of piperazine rings is 1. The third-order valence-electron chi connectivity index (χ3n) is 4.20. The number of thiophene rings is 1. The molecule has 2 N–H and O–H groups in total. The monoisotopic (exact) mass is 405 g/mol. The summed E-state index contributed by atoms with van der Waals surface area (Å²) in [6, 6.07) is 6.71. The van der Waals surface area contributed by atoms with Crippen LogP contribution in [0.5, 0.6) is 5.75 Å². The summed E-state index contributed by atoms with van der Waals surface area (Å²) in [6.45, 7) is 5.01. The van der Waals surface area contributed by atoms with Gasteiger partial charge < -0.3 is 10.4 Å². The van der Waals surface area contributed by atoms with Gasteiger partial charge in [-0.05, 0) is 30.0 Å². The summed E-state index contributed by atoms with van der Waals surface area (Å²) in [5, 5.41) is 27.4. The van der Waals surface area contributed by atoms with E-state index in [4.69, 9.17) is 0 Å². The second-order valence-electron chi connectivity index (χ2n) is 5.62. The smallest absolute Gasteiger partial charge is 0.278 e. The van der Waals surface area contributed by atoms with Crippen LogP contribution in [0.2, 0.25) is 0 Å². The number of phenols is 1. The van der Waals surface area contributed by atoms with Crippen LogP contribution < -0.4 is 5.32 Å². The van der Waals surface area contributed by atoms with E-state index in [0.29, 0.717) is 11.1 Å². The predicted octanol–water partition coefficient (Wildman–Crippen LogP) is 3.51. The number of nitro benzene ring substituents is 1. The molecule has 1 atom stereocenters. The minimum absolute atomic E-state index is 0. The Labute approximate surface area is 162 Å². The highest BCUT2D eigenvalue weighted by Gasteiger charge is 2.33. The third kappa shape index (κ3) is 4.43. The number of halogens is 2. The number of hydrogen-bond acceptors (Lipinski definition) is 6. The van der Waals surface area contributed by atoms with Crippen LogP contribution in [0.4, 0.5) is 5.69 Å². The van der Waals surface area contributed by atoms with E-state index >= 15 is 0 Å². The van der Waals surface area contributed by atoms with Crippen molar-refractivity contribution in [1.29, 1.82) is 0 Å². The number of nitrogens with one attached hydrogen (secondary N) is 1. The first-order valence-corrected chi connectivity index (χ1v) is 8.42. The Morgan fingerprint density at radius 3 is 2.52 bits per heavy atom. The SMILES string of the molecule is Cc1ccc([N+](=O)[O-])c([C@H](c2cccs2)N2CCNCC2)c1O.Cl.Cl.